The maximum absolute atomic E-state index is 13.4. The monoisotopic (exact) mass is 372 g/mol. The topological polar surface area (TPSA) is 50.3 Å². The van der Waals surface area contributed by atoms with Gasteiger partial charge in [0.15, 0.2) is 0 Å². The molecule has 1 atom stereocenters. The molecule has 2 aromatic rings. The Kier molecular flexibility index (Phi) is 5.53. The standard InChI is InChI=1S/C17H19F3N2O2S/c1-12(2)16(14-11-21-10-9-15(14)17(18,19)20)22(3)25(23,24)13-7-5-4-6-8-13/h4-12,16H,1-3H3. The van der Waals surface area contributed by atoms with Gasteiger partial charge in [0.2, 0.25) is 10.0 Å². The largest absolute Gasteiger partial charge is 0.416 e. The summed E-state index contributed by atoms with van der Waals surface area (Å²) in [5.41, 5.74) is -1.04. The molecule has 0 saturated heterocycles. The lowest BCUT2D eigenvalue weighted by Gasteiger charge is -2.32. The van der Waals surface area contributed by atoms with Crippen LogP contribution in [0.25, 0.3) is 0 Å². The van der Waals surface area contributed by atoms with Gasteiger partial charge in [-0.2, -0.15) is 17.5 Å². The van der Waals surface area contributed by atoms with Crippen molar-refractivity contribution in [3.05, 3.63) is 59.9 Å². The Morgan fingerprint density at radius 1 is 1.08 bits per heavy atom. The summed E-state index contributed by atoms with van der Waals surface area (Å²) in [5, 5.41) is 0. The van der Waals surface area contributed by atoms with Crippen molar-refractivity contribution in [1.82, 2.24) is 9.29 Å². The lowest BCUT2D eigenvalue weighted by Crippen LogP contribution is -2.35. The van der Waals surface area contributed by atoms with E-state index in [4.69, 9.17) is 0 Å². The zero-order valence-corrected chi connectivity index (χ0v) is 14.8. The molecule has 0 aliphatic carbocycles. The second-order valence-corrected chi connectivity index (χ2v) is 7.98. The Morgan fingerprint density at radius 3 is 2.20 bits per heavy atom. The maximum Gasteiger partial charge on any atom is 0.416 e. The van der Waals surface area contributed by atoms with Gasteiger partial charge in [-0.1, -0.05) is 32.0 Å². The third kappa shape index (κ3) is 4.01. The molecule has 4 nitrogen and oxygen atoms in total. The van der Waals surface area contributed by atoms with Crippen LogP contribution in [0.4, 0.5) is 13.2 Å². The number of hydrogen-bond donors (Lipinski definition) is 0. The molecule has 1 aromatic heterocycles. The smallest absolute Gasteiger partial charge is 0.264 e. The normalized spacial score (nSPS) is 14.1. The molecule has 0 aliphatic heterocycles. The van der Waals surface area contributed by atoms with E-state index in [-0.39, 0.29) is 10.5 Å². The van der Waals surface area contributed by atoms with Crippen LogP contribution >= 0.6 is 0 Å². The van der Waals surface area contributed by atoms with E-state index in [1.54, 1.807) is 32.0 Å². The molecule has 2 rings (SSSR count). The van der Waals surface area contributed by atoms with Crippen LogP contribution in [0.2, 0.25) is 0 Å². The van der Waals surface area contributed by atoms with Gasteiger partial charge in [-0.25, -0.2) is 8.42 Å². The number of nitrogens with zero attached hydrogens (tertiary/aromatic N) is 2. The highest BCUT2D eigenvalue weighted by Crippen LogP contribution is 2.39. The first-order valence-electron chi connectivity index (χ1n) is 7.61. The van der Waals surface area contributed by atoms with Gasteiger partial charge in [0.05, 0.1) is 16.5 Å². The minimum Gasteiger partial charge on any atom is -0.264 e. The summed E-state index contributed by atoms with van der Waals surface area (Å²) in [6.45, 7) is 3.35. The SMILES string of the molecule is CC(C)C(c1cnccc1C(F)(F)F)N(C)S(=O)(=O)c1ccccc1. The van der Waals surface area contributed by atoms with E-state index in [2.05, 4.69) is 4.98 Å². The Hall–Kier alpha value is -1.93. The fourth-order valence-corrected chi connectivity index (χ4v) is 4.27. The third-order valence-electron chi connectivity index (χ3n) is 3.92. The predicted molar refractivity (Wildman–Crippen MR) is 88.2 cm³/mol. The zero-order chi connectivity index (χ0) is 18.8. The number of pyridine rings is 1. The van der Waals surface area contributed by atoms with E-state index in [0.29, 0.717) is 0 Å². The van der Waals surface area contributed by atoms with E-state index in [0.717, 1.165) is 22.8 Å². The number of hydrogen-bond acceptors (Lipinski definition) is 3. The van der Waals surface area contributed by atoms with E-state index < -0.39 is 33.7 Å². The van der Waals surface area contributed by atoms with E-state index in [9.17, 15) is 21.6 Å². The minimum atomic E-state index is -4.59. The molecule has 1 heterocycles. The minimum absolute atomic E-state index is 0.0283. The molecule has 1 unspecified atom stereocenters. The van der Waals surface area contributed by atoms with Gasteiger partial charge in [-0.05, 0) is 24.1 Å². The Morgan fingerprint density at radius 2 is 1.68 bits per heavy atom. The molecule has 0 bridgehead atoms. The third-order valence-corrected chi connectivity index (χ3v) is 5.77. The van der Waals surface area contributed by atoms with Crippen LogP contribution in [0.3, 0.4) is 0 Å². The summed E-state index contributed by atoms with van der Waals surface area (Å²) in [6.07, 6.45) is -2.46. The molecular formula is C17H19F3N2O2S. The fraction of sp³-hybridized carbons (Fsp3) is 0.353. The highest BCUT2D eigenvalue weighted by atomic mass is 32.2. The maximum atomic E-state index is 13.4. The summed E-state index contributed by atoms with van der Waals surface area (Å²) in [4.78, 5) is 3.81. The van der Waals surface area contributed by atoms with Crippen molar-refractivity contribution in [2.75, 3.05) is 7.05 Å². The fourth-order valence-electron chi connectivity index (χ4n) is 2.78. The molecule has 25 heavy (non-hydrogen) atoms. The lowest BCUT2D eigenvalue weighted by molar-refractivity contribution is -0.138. The first kappa shape index (κ1) is 19.4. The molecule has 1 aromatic carbocycles. The lowest BCUT2D eigenvalue weighted by atomic mass is 9.93. The van der Waals surface area contributed by atoms with Crippen LogP contribution in [-0.2, 0) is 16.2 Å². The quantitative estimate of drug-likeness (QED) is 0.793. The molecule has 0 fully saturated rings. The Bertz CT molecular complexity index is 821. The van der Waals surface area contributed by atoms with Gasteiger partial charge in [0.1, 0.15) is 0 Å². The van der Waals surface area contributed by atoms with Crippen molar-refractivity contribution in [3.63, 3.8) is 0 Å². The number of rotatable bonds is 5. The average Bonchev–Trinajstić information content (AvgIpc) is 2.55. The molecule has 136 valence electrons. The van der Waals surface area contributed by atoms with Gasteiger partial charge in [-0.3, -0.25) is 4.98 Å². The van der Waals surface area contributed by atoms with Crippen molar-refractivity contribution < 1.29 is 21.6 Å². The summed E-state index contributed by atoms with van der Waals surface area (Å²) in [5.74, 6) is -0.395. The van der Waals surface area contributed by atoms with Gasteiger partial charge in [0, 0.05) is 25.0 Å². The van der Waals surface area contributed by atoms with Crippen molar-refractivity contribution in [2.45, 2.75) is 31.0 Å². The predicted octanol–water partition coefficient (Wildman–Crippen LogP) is 4.12. The van der Waals surface area contributed by atoms with Crippen LogP contribution < -0.4 is 0 Å². The number of alkyl halides is 3. The van der Waals surface area contributed by atoms with E-state index in [1.165, 1.54) is 19.2 Å². The highest BCUT2D eigenvalue weighted by Gasteiger charge is 2.39. The molecule has 0 amide bonds. The van der Waals surface area contributed by atoms with Gasteiger partial charge >= 0.3 is 6.18 Å². The average molecular weight is 372 g/mol. The number of halogens is 3. The van der Waals surface area contributed by atoms with Gasteiger partial charge in [-0.15, -0.1) is 0 Å². The first-order chi connectivity index (χ1) is 11.6. The Balaban J connectivity index is 2.57. The number of sulfonamides is 1. The summed E-state index contributed by atoms with van der Waals surface area (Å²) >= 11 is 0. The van der Waals surface area contributed by atoms with Crippen LogP contribution in [0.15, 0.2) is 53.7 Å². The summed E-state index contributed by atoms with van der Waals surface area (Å²) < 4.78 is 66.7. The second-order valence-electron chi connectivity index (χ2n) is 5.98. The molecule has 0 spiro atoms. The van der Waals surface area contributed by atoms with Crippen LogP contribution in [0, 0.1) is 5.92 Å². The van der Waals surface area contributed by atoms with Crippen molar-refractivity contribution in [3.8, 4) is 0 Å². The molecule has 0 aliphatic rings. The van der Waals surface area contributed by atoms with E-state index >= 15 is 0 Å². The van der Waals surface area contributed by atoms with Crippen LogP contribution in [0.5, 0.6) is 0 Å². The highest BCUT2D eigenvalue weighted by molar-refractivity contribution is 7.89. The number of aromatic nitrogens is 1. The Labute approximate surface area is 145 Å². The van der Waals surface area contributed by atoms with Gasteiger partial charge in [0.25, 0.3) is 0 Å². The molecule has 0 saturated carbocycles. The molecular weight excluding hydrogens is 353 g/mol. The number of benzene rings is 1. The summed E-state index contributed by atoms with van der Waals surface area (Å²) in [6, 6.07) is 7.49. The molecule has 0 radical (unpaired) electrons. The van der Waals surface area contributed by atoms with Crippen molar-refractivity contribution >= 4 is 10.0 Å². The van der Waals surface area contributed by atoms with Crippen molar-refractivity contribution in [2.24, 2.45) is 5.92 Å². The first-order valence-corrected chi connectivity index (χ1v) is 9.05. The molecule has 0 N–H and O–H groups in total. The second kappa shape index (κ2) is 7.13. The van der Waals surface area contributed by atoms with Gasteiger partial charge < -0.3 is 0 Å². The summed E-state index contributed by atoms with van der Waals surface area (Å²) in [7, 11) is -2.66. The van der Waals surface area contributed by atoms with Crippen LogP contribution in [0.1, 0.15) is 31.0 Å². The van der Waals surface area contributed by atoms with E-state index in [1.807, 2.05) is 0 Å². The zero-order valence-electron chi connectivity index (χ0n) is 14.0. The molecule has 8 heteroatoms. The van der Waals surface area contributed by atoms with Crippen molar-refractivity contribution in [1.29, 1.82) is 0 Å². The van der Waals surface area contributed by atoms with Crippen LogP contribution in [-0.4, -0.2) is 24.8 Å².